The van der Waals surface area contributed by atoms with E-state index in [0.29, 0.717) is 56.6 Å². The van der Waals surface area contributed by atoms with Gasteiger partial charge in [0.25, 0.3) is 0 Å². The largest absolute Gasteiger partial charge is 0.493 e. The number of methoxy groups -OCH3 is 2. The topological polar surface area (TPSA) is 81.4 Å². The maximum atomic E-state index is 14.0. The van der Waals surface area contributed by atoms with Crippen molar-refractivity contribution >= 4 is 46.5 Å². The van der Waals surface area contributed by atoms with Crippen LogP contribution >= 0.6 is 34.5 Å². The summed E-state index contributed by atoms with van der Waals surface area (Å²) in [6, 6.07) is 16.8. The zero-order valence-electron chi connectivity index (χ0n) is 29.0. The first-order chi connectivity index (χ1) is 24.7. The van der Waals surface area contributed by atoms with Crippen LogP contribution in [0.25, 0.3) is 0 Å². The predicted octanol–water partition coefficient (Wildman–Crippen LogP) is 6.77. The third-order valence-corrected chi connectivity index (χ3v) is 12.0. The van der Waals surface area contributed by atoms with Gasteiger partial charge in [0.2, 0.25) is 0 Å². The van der Waals surface area contributed by atoms with Gasteiger partial charge in [-0.25, -0.2) is 14.2 Å². The number of halogens is 2. The maximum absolute atomic E-state index is 14.0. The molecule has 3 atom stereocenters. The fourth-order valence-electron chi connectivity index (χ4n) is 7.61. The van der Waals surface area contributed by atoms with E-state index in [-0.39, 0.29) is 18.5 Å². The van der Waals surface area contributed by atoms with Gasteiger partial charge in [-0.2, -0.15) is 0 Å². The van der Waals surface area contributed by atoms with Crippen molar-refractivity contribution in [2.45, 2.75) is 50.5 Å². The number of carbonyl (C=O) groups excluding carboxylic acids is 2. The number of ether oxygens (including phenoxy) is 4. The number of hydrogen-bond donors (Lipinski definition) is 0. The molecule has 1 unspecified atom stereocenters. The van der Waals surface area contributed by atoms with Crippen LogP contribution in [0.15, 0.2) is 67.0 Å². The Labute approximate surface area is 312 Å². The first-order valence-corrected chi connectivity index (χ1v) is 18.9. The van der Waals surface area contributed by atoms with Gasteiger partial charge in [0.05, 0.1) is 14.2 Å². The highest BCUT2D eigenvalue weighted by atomic mass is 35.5. The Balaban J connectivity index is 1.11. The van der Waals surface area contributed by atoms with Crippen molar-refractivity contribution < 1.29 is 33.1 Å². The van der Waals surface area contributed by atoms with Gasteiger partial charge < -0.3 is 18.9 Å². The van der Waals surface area contributed by atoms with Crippen LogP contribution in [0.4, 0.5) is 0 Å². The van der Waals surface area contributed by atoms with Gasteiger partial charge >= 0.3 is 11.9 Å². The molecule has 3 fully saturated rings. The first kappa shape index (κ1) is 35.7. The van der Waals surface area contributed by atoms with Crippen molar-refractivity contribution in [1.82, 2.24) is 9.80 Å². The number of benzene rings is 2. The van der Waals surface area contributed by atoms with Gasteiger partial charge in [-0.1, -0.05) is 53.5 Å². The van der Waals surface area contributed by atoms with Crippen LogP contribution in [-0.4, -0.2) is 68.2 Å². The van der Waals surface area contributed by atoms with Crippen LogP contribution < -0.4 is 14.0 Å². The third kappa shape index (κ3) is 7.76. The SMILES string of the molecule is COc1ccc([C@H](Cc2c(Cl)c[n+](C)cc2Cl)OC(=O)c2ccc(CN3CCc4ccccc4C3C(=O)O[C@H]3CN4CCC3CC4)s2)cc1OC. The smallest absolute Gasteiger partial charge is 0.348 e. The van der Waals surface area contributed by atoms with Crippen LogP contribution in [0, 0.1) is 5.92 Å². The van der Waals surface area contributed by atoms with E-state index < -0.39 is 18.1 Å². The summed E-state index contributed by atoms with van der Waals surface area (Å²) in [6.45, 7) is 4.18. The van der Waals surface area contributed by atoms with E-state index in [1.165, 1.54) is 16.9 Å². The average molecular weight is 752 g/mol. The summed E-state index contributed by atoms with van der Waals surface area (Å²) in [5.41, 5.74) is 3.54. The molecule has 3 saturated heterocycles. The zero-order valence-corrected chi connectivity index (χ0v) is 31.3. The summed E-state index contributed by atoms with van der Waals surface area (Å²) in [4.78, 5) is 33.8. The van der Waals surface area contributed by atoms with E-state index in [1.807, 2.05) is 37.4 Å². The fourth-order valence-corrected chi connectivity index (χ4v) is 9.24. The number of fused-ring (bicyclic) bond motifs is 4. The number of pyridine rings is 1. The first-order valence-electron chi connectivity index (χ1n) is 17.3. The number of aryl methyl sites for hydroxylation is 1. The van der Waals surface area contributed by atoms with Crippen LogP contribution in [0.5, 0.6) is 11.5 Å². The lowest BCUT2D eigenvalue weighted by atomic mass is 9.85. The predicted molar refractivity (Wildman–Crippen MR) is 196 cm³/mol. The molecule has 0 radical (unpaired) electrons. The quantitative estimate of drug-likeness (QED) is 0.123. The summed E-state index contributed by atoms with van der Waals surface area (Å²) in [5.74, 6) is 0.833. The molecule has 51 heavy (non-hydrogen) atoms. The monoisotopic (exact) mass is 750 g/mol. The number of aromatic nitrogens is 1. The fraction of sp³-hybridized carbons (Fsp3) is 0.410. The minimum Gasteiger partial charge on any atom is -0.493 e. The summed E-state index contributed by atoms with van der Waals surface area (Å²) in [5, 5.41) is 0.934. The van der Waals surface area contributed by atoms with Gasteiger partial charge in [-0.05, 0) is 79.2 Å². The van der Waals surface area contributed by atoms with Crippen molar-refractivity contribution in [1.29, 1.82) is 0 Å². The second kappa shape index (κ2) is 15.5. The van der Waals surface area contributed by atoms with Gasteiger partial charge in [-0.15, -0.1) is 11.3 Å². The Hall–Kier alpha value is -3.67. The molecule has 8 rings (SSSR count). The van der Waals surface area contributed by atoms with Crippen LogP contribution in [0.3, 0.4) is 0 Å². The number of rotatable bonds is 11. The number of thiophene rings is 1. The molecule has 2 aromatic carbocycles. The number of hydrogen-bond acceptors (Lipinski definition) is 9. The normalized spacial score (nSPS) is 21.8. The lowest BCUT2D eigenvalue weighted by Gasteiger charge is -2.45. The Kier molecular flexibility index (Phi) is 10.9. The lowest BCUT2D eigenvalue weighted by Crippen LogP contribution is -2.53. The molecule has 0 N–H and O–H groups in total. The van der Waals surface area contributed by atoms with E-state index in [9.17, 15) is 9.59 Å². The number of piperidine rings is 3. The molecule has 0 saturated carbocycles. The van der Waals surface area contributed by atoms with Crippen molar-refractivity contribution in [2.24, 2.45) is 13.0 Å². The Morgan fingerprint density at radius 1 is 0.961 bits per heavy atom. The summed E-state index contributed by atoms with van der Waals surface area (Å²) in [6.07, 6.45) is 5.96. The second-order valence-electron chi connectivity index (χ2n) is 13.5. The Morgan fingerprint density at radius 2 is 1.71 bits per heavy atom. The Bertz CT molecular complexity index is 1890. The second-order valence-corrected chi connectivity index (χ2v) is 15.5. The van der Waals surface area contributed by atoms with E-state index in [4.69, 9.17) is 42.1 Å². The molecule has 0 amide bonds. The van der Waals surface area contributed by atoms with Gasteiger partial charge in [0.1, 0.15) is 40.2 Å². The molecule has 9 nitrogen and oxygen atoms in total. The Morgan fingerprint density at radius 3 is 2.41 bits per heavy atom. The molecular weight excluding hydrogens is 709 g/mol. The molecule has 268 valence electrons. The molecular formula is C39H42Cl2N3O6S+. The molecule has 2 bridgehead atoms. The molecule has 4 aromatic rings. The minimum atomic E-state index is -0.727. The molecule has 4 aliphatic heterocycles. The molecule has 4 aliphatic rings. The van der Waals surface area contributed by atoms with Crippen LogP contribution in [-0.2, 0) is 40.7 Å². The molecule has 2 aromatic heterocycles. The van der Waals surface area contributed by atoms with Crippen LogP contribution in [0.2, 0.25) is 10.0 Å². The van der Waals surface area contributed by atoms with E-state index >= 15 is 0 Å². The number of carbonyl (C=O) groups is 2. The number of nitrogens with zero attached hydrogens (tertiary/aromatic N) is 3. The highest BCUT2D eigenvalue weighted by Gasteiger charge is 2.40. The van der Waals surface area contributed by atoms with Crippen molar-refractivity contribution in [3.63, 3.8) is 0 Å². The molecule has 0 spiro atoms. The van der Waals surface area contributed by atoms with Crippen molar-refractivity contribution in [3.8, 4) is 11.5 Å². The molecule has 0 aliphatic carbocycles. The highest BCUT2D eigenvalue weighted by Crippen LogP contribution is 2.38. The van der Waals surface area contributed by atoms with Gasteiger partial charge in [-0.3, -0.25) is 9.80 Å². The van der Waals surface area contributed by atoms with E-state index in [1.54, 1.807) is 49.4 Å². The van der Waals surface area contributed by atoms with Gasteiger partial charge in [0, 0.05) is 36.5 Å². The van der Waals surface area contributed by atoms with Crippen molar-refractivity contribution in [2.75, 3.05) is 40.4 Å². The summed E-state index contributed by atoms with van der Waals surface area (Å²) in [7, 11) is 4.97. The number of esters is 2. The van der Waals surface area contributed by atoms with Crippen molar-refractivity contribution in [3.05, 3.63) is 109 Å². The van der Waals surface area contributed by atoms with E-state index in [2.05, 4.69) is 15.9 Å². The third-order valence-electron chi connectivity index (χ3n) is 10.3. The minimum absolute atomic E-state index is 0.0684. The lowest BCUT2D eigenvalue weighted by molar-refractivity contribution is -0.671. The highest BCUT2D eigenvalue weighted by molar-refractivity contribution is 7.13. The average Bonchev–Trinajstić information content (AvgIpc) is 3.61. The standard InChI is InChI=1S/C39H42Cl2N3O6S/c1-42-21-30(40)29(31(41)22-42)19-33(26-8-10-32(47-2)34(18-26)48-3)49-38(45)36-11-9-27(51-36)20-44-17-14-24-6-4-5-7-28(24)37(44)39(46)50-35-23-43-15-12-25(35)13-16-43/h4-11,18,21-22,25,33,35,37H,12-17,19-20,23H2,1-3H3/q+1/t33-,35-,37?/m0/s1. The molecule has 6 heterocycles. The summed E-state index contributed by atoms with van der Waals surface area (Å²) >= 11 is 14.6. The van der Waals surface area contributed by atoms with E-state index in [0.717, 1.165) is 49.3 Å². The maximum Gasteiger partial charge on any atom is 0.348 e. The van der Waals surface area contributed by atoms with Crippen LogP contribution in [0.1, 0.15) is 61.8 Å². The van der Waals surface area contributed by atoms with Gasteiger partial charge in [0.15, 0.2) is 23.9 Å². The zero-order chi connectivity index (χ0) is 35.6. The molecule has 12 heteroatoms. The summed E-state index contributed by atoms with van der Waals surface area (Å²) < 4.78 is 25.3.